The minimum atomic E-state index is -1.09. The van der Waals surface area contributed by atoms with E-state index in [2.05, 4.69) is 5.32 Å². The maximum atomic E-state index is 13.8. The molecule has 0 radical (unpaired) electrons. The van der Waals surface area contributed by atoms with E-state index in [0.717, 1.165) is 0 Å². The molecular weight excluding hydrogens is 286 g/mol. The molecular formula is C13H12F2N2O4. The van der Waals surface area contributed by atoms with Gasteiger partial charge in [0.05, 0.1) is 29.4 Å². The van der Waals surface area contributed by atoms with Gasteiger partial charge < -0.3 is 14.8 Å². The van der Waals surface area contributed by atoms with E-state index < -0.39 is 34.0 Å². The van der Waals surface area contributed by atoms with E-state index in [1.54, 1.807) is 12.1 Å². The molecule has 8 heteroatoms. The molecule has 2 aromatic rings. The maximum absolute atomic E-state index is 13.8. The average molecular weight is 298 g/mol. The van der Waals surface area contributed by atoms with Crippen molar-refractivity contribution in [3.8, 4) is 0 Å². The molecule has 0 aliphatic rings. The number of non-ortho nitro benzene ring substituents is 1. The van der Waals surface area contributed by atoms with Crippen molar-refractivity contribution in [1.82, 2.24) is 0 Å². The number of benzene rings is 1. The molecule has 1 aromatic carbocycles. The van der Waals surface area contributed by atoms with Crippen molar-refractivity contribution in [1.29, 1.82) is 0 Å². The first-order chi connectivity index (χ1) is 10.0. The van der Waals surface area contributed by atoms with Crippen LogP contribution in [0.1, 0.15) is 18.2 Å². The molecule has 1 unspecified atom stereocenters. The molecule has 0 bridgehead atoms. The van der Waals surface area contributed by atoms with Crippen LogP contribution in [0.2, 0.25) is 0 Å². The lowest BCUT2D eigenvalue weighted by Crippen LogP contribution is -2.14. The normalized spacial score (nSPS) is 12.1. The Morgan fingerprint density at radius 2 is 2.05 bits per heavy atom. The van der Waals surface area contributed by atoms with Crippen LogP contribution in [-0.4, -0.2) is 16.6 Å². The van der Waals surface area contributed by atoms with Crippen LogP contribution in [0.25, 0.3) is 0 Å². The molecule has 0 amide bonds. The van der Waals surface area contributed by atoms with Gasteiger partial charge in [0.25, 0.3) is 5.69 Å². The Balaban J connectivity index is 2.31. The molecule has 0 fully saturated rings. The summed E-state index contributed by atoms with van der Waals surface area (Å²) in [5.41, 5.74) is -1.18. The quantitative estimate of drug-likeness (QED) is 0.632. The van der Waals surface area contributed by atoms with Gasteiger partial charge in [-0.1, -0.05) is 0 Å². The summed E-state index contributed by atoms with van der Waals surface area (Å²) in [5, 5.41) is 22.1. The second-order valence-electron chi connectivity index (χ2n) is 4.27. The Hall–Kier alpha value is -2.48. The lowest BCUT2D eigenvalue weighted by Gasteiger charge is -2.17. The van der Waals surface area contributed by atoms with Crippen LogP contribution in [0.4, 0.5) is 20.2 Å². The zero-order valence-electron chi connectivity index (χ0n) is 10.8. The highest BCUT2D eigenvalue weighted by Crippen LogP contribution is 2.29. The van der Waals surface area contributed by atoms with E-state index in [9.17, 15) is 18.9 Å². The van der Waals surface area contributed by atoms with Gasteiger partial charge >= 0.3 is 0 Å². The Kier molecular flexibility index (Phi) is 4.49. The number of nitro groups is 1. The van der Waals surface area contributed by atoms with E-state index in [1.807, 2.05) is 0 Å². The van der Waals surface area contributed by atoms with Crippen LogP contribution >= 0.6 is 0 Å². The Bertz CT molecular complexity index is 608. The molecule has 1 atom stereocenters. The van der Waals surface area contributed by atoms with Gasteiger partial charge in [0.1, 0.15) is 11.4 Å². The van der Waals surface area contributed by atoms with Crippen LogP contribution in [0.5, 0.6) is 0 Å². The first-order valence-electron chi connectivity index (χ1n) is 6.07. The number of nitrogens with one attached hydrogen (secondary N) is 1. The molecule has 112 valence electrons. The summed E-state index contributed by atoms with van der Waals surface area (Å²) < 4.78 is 32.8. The molecule has 6 nitrogen and oxygen atoms in total. The molecule has 2 rings (SSSR count). The van der Waals surface area contributed by atoms with Gasteiger partial charge in [-0.05, 0) is 18.6 Å². The second-order valence-corrected chi connectivity index (χ2v) is 4.27. The summed E-state index contributed by atoms with van der Waals surface area (Å²) in [6.45, 7) is -0.228. The number of hydrogen-bond acceptors (Lipinski definition) is 5. The topological polar surface area (TPSA) is 88.5 Å². The van der Waals surface area contributed by atoms with E-state index in [4.69, 9.17) is 9.52 Å². The number of hydrogen-bond donors (Lipinski definition) is 2. The van der Waals surface area contributed by atoms with Crippen LogP contribution in [0.15, 0.2) is 34.9 Å². The second kappa shape index (κ2) is 6.31. The summed E-state index contributed by atoms with van der Waals surface area (Å²) >= 11 is 0. The predicted molar refractivity (Wildman–Crippen MR) is 69.8 cm³/mol. The van der Waals surface area contributed by atoms with Gasteiger partial charge in [0, 0.05) is 6.61 Å². The molecule has 0 saturated heterocycles. The fourth-order valence-electron chi connectivity index (χ4n) is 1.88. The number of halogens is 2. The highest BCUT2D eigenvalue weighted by atomic mass is 19.1. The SMILES string of the molecule is O=[N+]([O-])c1cc(F)c(NC(CCO)c2ccco2)c(F)c1. The average Bonchev–Trinajstić information content (AvgIpc) is 2.95. The lowest BCUT2D eigenvalue weighted by molar-refractivity contribution is -0.385. The van der Waals surface area contributed by atoms with Crippen LogP contribution in [0.3, 0.4) is 0 Å². The monoisotopic (exact) mass is 298 g/mol. The molecule has 21 heavy (non-hydrogen) atoms. The van der Waals surface area contributed by atoms with Gasteiger partial charge in [-0.2, -0.15) is 0 Å². The third-order valence-corrected chi connectivity index (χ3v) is 2.86. The highest BCUT2D eigenvalue weighted by Gasteiger charge is 2.21. The van der Waals surface area contributed by atoms with Crippen molar-refractivity contribution in [2.45, 2.75) is 12.5 Å². The molecule has 1 heterocycles. The Morgan fingerprint density at radius 3 is 2.52 bits per heavy atom. The third-order valence-electron chi connectivity index (χ3n) is 2.86. The Labute approximate surface area is 118 Å². The summed E-state index contributed by atoms with van der Waals surface area (Å²) in [7, 11) is 0. The van der Waals surface area contributed by atoms with E-state index in [1.165, 1.54) is 6.26 Å². The molecule has 0 spiro atoms. The van der Waals surface area contributed by atoms with Gasteiger partial charge in [-0.25, -0.2) is 8.78 Å². The first-order valence-corrected chi connectivity index (χ1v) is 6.07. The van der Waals surface area contributed by atoms with Crippen molar-refractivity contribution in [3.63, 3.8) is 0 Å². The van der Waals surface area contributed by atoms with Crippen molar-refractivity contribution >= 4 is 11.4 Å². The molecule has 0 aliphatic carbocycles. The van der Waals surface area contributed by atoms with Gasteiger partial charge in [0.2, 0.25) is 0 Å². The van der Waals surface area contributed by atoms with Crippen molar-refractivity contribution in [2.75, 3.05) is 11.9 Å². The minimum Gasteiger partial charge on any atom is -0.467 e. The molecule has 0 aliphatic heterocycles. The molecule has 2 N–H and O–H groups in total. The van der Waals surface area contributed by atoms with Crippen LogP contribution < -0.4 is 5.32 Å². The third kappa shape index (κ3) is 3.34. The number of aliphatic hydroxyl groups is 1. The largest absolute Gasteiger partial charge is 0.467 e. The smallest absolute Gasteiger partial charge is 0.275 e. The fourth-order valence-corrected chi connectivity index (χ4v) is 1.88. The predicted octanol–water partition coefficient (Wildman–Crippen LogP) is 3.00. The number of anilines is 1. The van der Waals surface area contributed by atoms with Crippen LogP contribution in [-0.2, 0) is 0 Å². The zero-order valence-corrected chi connectivity index (χ0v) is 10.8. The van der Waals surface area contributed by atoms with Crippen LogP contribution in [0, 0.1) is 21.7 Å². The number of aliphatic hydroxyl groups excluding tert-OH is 1. The molecule has 1 aromatic heterocycles. The van der Waals surface area contributed by atoms with Crippen molar-refractivity contribution < 1.29 is 23.2 Å². The Morgan fingerprint density at radius 1 is 1.38 bits per heavy atom. The van der Waals surface area contributed by atoms with Gasteiger partial charge in [-0.3, -0.25) is 10.1 Å². The highest BCUT2D eigenvalue weighted by molar-refractivity contribution is 5.52. The van der Waals surface area contributed by atoms with E-state index in [0.29, 0.717) is 17.9 Å². The summed E-state index contributed by atoms with van der Waals surface area (Å²) in [6.07, 6.45) is 1.55. The summed E-state index contributed by atoms with van der Waals surface area (Å²) in [4.78, 5) is 9.65. The molecule has 0 saturated carbocycles. The van der Waals surface area contributed by atoms with Gasteiger partial charge in [-0.15, -0.1) is 0 Å². The fraction of sp³-hybridized carbons (Fsp3) is 0.231. The zero-order chi connectivity index (χ0) is 15.4. The summed E-state index contributed by atoms with van der Waals surface area (Å²) in [6, 6.07) is 3.79. The lowest BCUT2D eigenvalue weighted by atomic mass is 10.1. The van der Waals surface area contributed by atoms with E-state index in [-0.39, 0.29) is 13.0 Å². The number of nitrogens with zero attached hydrogens (tertiary/aromatic N) is 1. The minimum absolute atomic E-state index is 0.156. The number of nitro benzene ring substituents is 1. The van der Waals surface area contributed by atoms with Crippen molar-refractivity contribution in [2.24, 2.45) is 0 Å². The standard InChI is InChI=1S/C13H12F2N2O4/c14-9-6-8(17(19)20)7-10(15)13(9)16-11(3-4-18)12-2-1-5-21-12/h1-2,5-7,11,16,18H,3-4H2. The number of rotatable bonds is 6. The summed E-state index contributed by atoms with van der Waals surface area (Å²) in [5.74, 6) is -1.78. The maximum Gasteiger partial charge on any atom is 0.275 e. The van der Waals surface area contributed by atoms with E-state index >= 15 is 0 Å². The first kappa shape index (κ1) is 14.9. The van der Waals surface area contributed by atoms with Gasteiger partial charge in [0.15, 0.2) is 11.6 Å². The van der Waals surface area contributed by atoms with Crippen molar-refractivity contribution in [3.05, 3.63) is 58.0 Å². The number of furan rings is 1.